The molecule has 1 N–H and O–H groups in total. The topological polar surface area (TPSA) is 90.0 Å². The molecule has 0 spiro atoms. The van der Waals surface area contributed by atoms with Gasteiger partial charge in [0, 0.05) is 33.6 Å². The summed E-state index contributed by atoms with van der Waals surface area (Å²) in [4.78, 5) is 29.1. The molecular weight excluding hydrogens is 571 g/mol. The molecule has 0 aliphatic heterocycles. The van der Waals surface area contributed by atoms with Gasteiger partial charge in [-0.25, -0.2) is 4.31 Å². The minimum Gasteiger partial charge on any atom is -0.354 e. The van der Waals surface area contributed by atoms with Crippen molar-refractivity contribution >= 4 is 50.9 Å². The molecule has 8 nitrogen and oxygen atoms in total. The number of nitrogens with one attached hydrogen (secondary N) is 1. The van der Waals surface area contributed by atoms with Crippen LogP contribution in [0.4, 0.5) is 5.69 Å². The number of hydrogen-bond acceptors (Lipinski definition) is 4. The molecule has 3 aromatic rings. The third-order valence-corrected chi connectivity index (χ3v) is 8.78. The van der Waals surface area contributed by atoms with Gasteiger partial charge in [-0.05, 0) is 41.8 Å². The molecule has 3 aromatic carbocycles. The second-order valence-corrected chi connectivity index (χ2v) is 12.3. The van der Waals surface area contributed by atoms with E-state index in [0.717, 1.165) is 14.2 Å². The van der Waals surface area contributed by atoms with Gasteiger partial charge in [-0.2, -0.15) is 12.7 Å². The van der Waals surface area contributed by atoms with Crippen LogP contribution in [0.3, 0.4) is 0 Å². The molecule has 40 heavy (non-hydrogen) atoms. The maximum Gasteiger partial charge on any atom is 0.304 e. The van der Waals surface area contributed by atoms with Crippen molar-refractivity contribution in [3.8, 4) is 0 Å². The number of para-hydroxylation sites is 1. The summed E-state index contributed by atoms with van der Waals surface area (Å²) in [5.41, 5.74) is 1.83. The van der Waals surface area contributed by atoms with Crippen LogP contribution in [-0.4, -0.2) is 62.7 Å². The number of carbonyl (C=O) groups is 2. The van der Waals surface area contributed by atoms with Crippen LogP contribution >= 0.6 is 23.2 Å². The third-order valence-electron chi connectivity index (χ3n) is 6.22. The highest BCUT2D eigenvalue weighted by atomic mass is 35.5. The van der Waals surface area contributed by atoms with Crippen molar-refractivity contribution in [2.45, 2.75) is 32.4 Å². The highest BCUT2D eigenvalue weighted by Gasteiger charge is 2.34. The van der Waals surface area contributed by atoms with E-state index in [1.807, 2.05) is 37.3 Å². The predicted molar refractivity (Wildman–Crippen MR) is 161 cm³/mol. The summed E-state index contributed by atoms with van der Waals surface area (Å²) in [5.74, 6) is -0.881. The van der Waals surface area contributed by atoms with Crippen LogP contribution in [0.1, 0.15) is 24.5 Å². The number of hydrogen-bond donors (Lipinski definition) is 1. The highest BCUT2D eigenvalue weighted by Crippen LogP contribution is 2.25. The van der Waals surface area contributed by atoms with Crippen LogP contribution in [0.25, 0.3) is 0 Å². The average molecular weight is 606 g/mol. The SMILES string of the molecule is CCCNC(=O)[C@@H](Cc1ccccc1)N(Cc1ccc(Cl)c(Cl)c1)C(=O)CN(c1ccccc1)S(=O)(=O)N(C)C. The van der Waals surface area contributed by atoms with E-state index in [-0.39, 0.29) is 18.9 Å². The summed E-state index contributed by atoms with van der Waals surface area (Å²) in [6, 6.07) is 21.8. The smallest absolute Gasteiger partial charge is 0.304 e. The first kappa shape index (κ1) is 31.4. The van der Waals surface area contributed by atoms with Crippen molar-refractivity contribution in [3.63, 3.8) is 0 Å². The molecule has 0 bridgehead atoms. The Morgan fingerprint density at radius 1 is 0.875 bits per heavy atom. The Labute approximate surface area is 246 Å². The second kappa shape index (κ2) is 14.5. The standard InChI is InChI=1S/C29H34Cl2N4O4S/c1-4-17-32-29(37)27(19-22-11-7-5-8-12-22)34(20-23-15-16-25(30)26(31)18-23)28(36)21-35(40(38,39)33(2)3)24-13-9-6-10-14-24/h5-16,18,27H,4,17,19-21H2,1-3H3,(H,32,37)/t27-/m1/s1. The lowest BCUT2D eigenvalue weighted by Crippen LogP contribution is -2.54. The normalized spacial score (nSPS) is 12.2. The third kappa shape index (κ3) is 8.20. The maximum atomic E-state index is 14.1. The molecule has 214 valence electrons. The minimum absolute atomic E-state index is 0.0113. The molecule has 0 radical (unpaired) electrons. The molecule has 0 saturated heterocycles. The number of anilines is 1. The van der Waals surface area contributed by atoms with E-state index in [1.54, 1.807) is 48.5 Å². The number of carbonyl (C=O) groups excluding carboxylic acids is 2. The van der Waals surface area contributed by atoms with Crippen molar-refractivity contribution < 1.29 is 18.0 Å². The Kier molecular flexibility index (Phi) is 11.4. The van der Waals surface area contributed by atoms with Crippen molar-refractivity contribution in [1.29, 1.82) is 0 Å². The summed E-state index contributed by atoms with van der Waals surface area (Å²) in [6.45, 7) is 1.87. The lowest BCUT2D eigenvalue weighted by Gasteiger charge is -2.34. The van der Waals surface area contributed by atoms with Gasteiger partial charge in [-0.15, -0.1) is 0 Å². The van der Waals surface area contributed by atoms with Crippen LogP contribution in [0.2, 0.25) is 10.0 Å². The molecule has 0 aliphatic carbocycles. The minimum atomic E-state index is -4.04. The molecule has 11 heteroatoms. The van der Waals surface area contributed by atoms with E-state index in [2.05, 4.69) is 5.32 Å². The molecule has 0 fully saturated rings. The van der Waals surface area contributed by atoms with E-state index < -0.39 is 28.7 Å². The van der Waals surface area contributed by atoms with Gasteiger partial charge < -0.3 is 10.2 Å². The summed E-state index contributed by atoms with van der Waals surface area (Å²) >= 11 is 12.4. The zero-order chi connectivity index (χ0) is 29.3. The fraction of sp³-hybridized carbons (Fsp3) is 0.310. The Morgan fingerprint density at radius 2 is 1.50 bits per heavy atom. The van der Waals surface area contributed by atoms with Gasteiger partial charge in [-0.3, -0.25) is 9.59 Å². The number of rotatable bonds is 13. The quantitative estimate of drug-likeness (QED) is 0.304. The van der Waals surface area contributed by atoms with Gasteiger partial charge in [0.15, 0.2) is 0 Å². The number of amides is 2. The van der Waals surface area contributed by atoms with E-state index in [9.17, 15) is 18.0 Å². The second-order valence-electron chi connectivity index (χ2n) is 9.40. The van der Waals surface area contributed by atoms with Gasteiger partial charge in [0.1, 0.15) is 12.6 Å². The Balaban J connectivity index is 2.08. The summed E-state index contributed by atoms with van der Waals surface area (Å²) < 4.78 is 28.8. The Morgan fingerprint density at radius 3 is 2.08 bits per heavy atom. The molecule has 0 heterocycles. The number of nitrogens with zero attached hydrogens (tertiary/aromatic N) is 3. The van der Waals surface area contributed by atoms with Crippen LogP contribution < -0.4 is 9.62 Å². The van der Waals surface area contributed by atoms with Crippen LogP contribution in [0.15, 0.2) is 78.9 Å². The van der Waals surface area contributed by atoms with Crippen LogP contribution in [0.5, 0.6) is 0 Å². The zero-order valence-corrected chi connectivity index (χ0v) is 25.1. The van der Waals surface area contributed by atoms with Gasteiger partial charge >= 0.3 is 10.2 Å². The average Bonchev–Trinajstić information content (AvgIpc) is 2.94. The molecule has 2 amide bonds. The zero-order valence-electron chi connectivity index (χ0n) is 22.8. The summed E-state index contributed by atoms with van der Waals surface area (Å²) in [5, 5.41) is 3.57. The molecule has 0 saturated carbocycles. The number of halogens is 2. The van der Waals surface area contributed by atoms with Gasteiger partial charge in [0.05, 0.1) is 15.7 Å². The van der Waals surface area contributed by atoms with Gasteiger partial charge in [-0.1, -0.05) is 84.7 Å². The molecular formula is C29H34Cl2N4O4S. The molecule has 0 aliphatic rings. The molecule has 1 atom stereocenters. The lowest BCUT2D eigenvalue weighted by atomic mass is 10.0. The highest BCUT2D eigenvalue weighted by molar-refractivity contribution is 7.90. The first-order chi connectivity index (χ1) is 19.0. The summed E-state index contributed by atoms with van der Waals surface area (Å²) in [7, 11) is -1.24. The fourth-order valence-corrected chi connectivity index (χ4v) is 5.44. The molecule has 3 rings (SSSR count). The van der Waals surface area contributed by atoms with Crippen molar-refractivity contribution in [2.24, 2.45) is 0 Å². The summed E-state index contributed by atoms with van der Waals surface area (Å²) in [6.07, 6.45) is 0.947. The van der Waals surface area contributed by atoms with Gasteiger partial charge in [0.2, 0.25) is 11.8 Å². The monoisotopic (exact) mass is 604 g/mol. The maximum absolute atomic E-state index is 14.1. The van der Waals surface area contributed by atoms with Crippen LogP contribution in [0, 0.1) is 0 Å². The van der Waals surface area contributed by atoms with Crippen molar-refractivity contribution in [2.75, 3.05) is 31.5 Å². The van der Waals surface area contributed by atoms with Gasteiger partial charge in [0.25, 0.3) is 0 Å². The predicted octanol–water partition coefficient (Wildman–Crippen LogP) is 4.77. The van der Waals surface area contributed by atoms with E-state index >= 15 is 0 Å². The van der Waals surface area contributed by atoms with Crippen molar-refractivity contribution in [1.82, 2.24) is 14.5 Å². The molecule has 0 unspecified atom stereocenters. The van der Waals surface area contributed by atoms with Crippen molar-refractivity contribution in [3.05, 3.63) is 100 Å². The Hall–Kier alpha value is -3.11. The van der Waals surface area contributed by atoms with E-state index in [4.69, 9.17) is 23.2 Å². The fourth-order valence-electron chi connectivity index (χ4n) is 4.07. The van der Waals surface area contributed by atoms with E-state index in [1.165, 1.54) is 19.0 Å². The first-order valence-corrected chi connectivity index (χ1v) is 15.0. The van der Waals surface area contributed by atoms with E-state index in [0.29, 0.717) is 34.3 Å². The first-order valence-electron chi connectivity index (χ1n) is 12.8. The largest absolute Gasteiger partial charge is 0.354 e. The number of benzene rings is 3. The Bertz CT molecular complexity index is 1390. The molecule has 0 aromatic heterocycles. The van der Waals surface area contributed by atoms with Crippen LogP contribution in [-0.2, 0) is 32.8 Å². The lowest BCUT2D eigenvalue weighted by molar-refractivity contribution is -0.140.